The van der Waals surface area contributed by atoms with Gasteiger partial charge in [0.15, 0.2) is 0 Å². The number of hydrogen-bond acceptors (Lipinski definition) is 4. The summed E-state index contributed by atoms with van der Waals surface area (Å²) in [7, 11) is 1.67. The maximum absolute atomic E-state index is 11.2. The molecule has 1 aromatic rings. The van der Waals surface area contributed by atoms with E-state index >= 15 is 0 Å². The van der Waals surface area contributed by atoms with Crippen molar-refractivity contribution in [3.05, 3.63) is 18.0 Å². The van der Waals surface area contributed by atoms with Crippen molar-refractivity contribution >= 4 is 11.8 Å². The molecule has 1 rings (SSSR count). The molecule has 0 aliphatic carbocycles. The molecule has 0 spiro atoms. The number of ether oxygens (including phenoxy) is 1. The lowest BCUT2D eigenvalue weighted by Gasteiger charge is -1.96. The summed E-state index contributed by atoms with van der Waals surface area (Å²) in [6, 6.07) is 0. The van der Waals surface area contributed by atoms with E-state index in [-0.39, 0.29) is 12.2 Å². The second kappa shape index (κ2) is 3.84. The van der Waals surface area contributed by atoms with Crippen LogP contribution in [0.2, 0.25) is 0 Å². The van der Waals surface area contributed by atoms with E-state index in [9.17, 15) is 9.59 Å². The lowest BCUT2D eigenvalue weighted by molar-refractivity contribution is -0.137. The van der Waals surface area contributed by atoms with Crippen LogP contribution in [0.25, 0.3) is 0 Å². The van der Waals surface area contributed by atoms with Crippen molar-refractivity contribution in [3.8, 4) is 0 Å². The second-order valence-corrected chi connectivity index (χ2v) is 2.45. The van der Waals surface area contributed by atoms with Gasteiger partial charge in [-0.1, -0.05) is 0 Å². The van der Waals surface area contributed by atoms with E-state index in [4.69, 9.17) is 0 Å². The van der Waals surface area contributed by atoms with Gasteiger partial charge in [0.05, 0.1) is 18.4 Å². The number of carbonyl (C=O) groups excluding carboxylic acids is 2. The van der Waals surface area contributed by atoms with Crippen LogP contribution < -0.4 is 0 Å². The van der Waals surface area contributed by atoms with Crippen LogP contribution in [-0.2, 0) is 16.6 Å². The Morgan fingerprint density at radius 2 is 2.31 bits per heavy atom. The molecule has 0 aliphatic heterocycles. The Hall–Kier alpha value is -1.65. The Morgan fingerprint density at radius 1 is 1.62 bits per heavy atom. The molecule has 0 unspecified atom stereocenters. The zero-order chi connectivity index (χ0) is 9.84. The fraction of sp³-hybridized carbons (Fsp3) is 0.375. The number of Topliss-reactive ketones (excluding diaryl/α,β-unsaturated/α-hetero) is 1. The molecule has 5 nitrogen and oxygen atoms in total. The number of aryl methyl sites for hydroxylation is 1. The number of rotatable bonds is 3. The van der Waals surface area contributed by atoms with E-state index in [0.717, 1.165) is 0 Å². The lowest BCUT2D eigenvalue weighted by atomic mass is 10.2. The summed E-state index contributed by atoms with van der Waals surface area (Å²) in [5.74, 6) is -1.49. The van der Waals surface area contributed by atoms with E-state index in [1.807, 2.05) is 0 Å². The summed E-state index contributed by atoms with van der Waals surface area (Å²) < 4.78 is 5.99. The average Bonchev–Trinajstić information content (AvgIpc) is 2.51. The van der Waals surface area contributed by atoms with Crippen molar-refractivity contribution in [2.45, 2.75) is 6.92 Å². The maximum atomic E-state index is 11.2. The molecule has 13 heavy (non-hydrogen) atoms. The van der Waals surface area contributed by atoms with Gasteiger partial charge in [-0.05, 0) is 6.92 Å². The minimum Gasteiger partial charge on any atom is -0.460 e. The van der Waals surface area contributed by atoms with Crippen molar-refractivity contribution < 1.29 is 14.3 Å². The van der Waals surface area contributed by atoms with Crippen molar-refractivity contribution in [1.82, 2.24) is 9.78 Å². The van der Waals surface area contributed by atoms with E-state index in [1.165, 1.54) is 17.1 Å². The molecule has 0 amide bonds. The van der Waals surface area contributed by atoms with Crippen molar-refractivity contribution in [2.24, 2.45) is 7.05 Å². The third-order valence-electron chi connectivity index (χ3n) is 1.43. The zero-order valence-electron chi connectivity index (χ0n) is 7.48. The van der Waals surface area contributed by atoms with Crippen molar-refractivity contribution in [2.75, 3.05) is 6.61 Å². The number of esters is 1. The summed E-state index contributed by atoms with van der Waals surface area (Å²) in [6.07, 6.45) is 2.80. The van der Waals surface area contributed by atoms with E-state index < -0.39 is 11.8 Å². The normalized spacial score (nSPS) is 9.69. The predicted molar refractivity (Wildman–Crippen MR) is 44.2 cm³/mol. The topological polar surface area (TPSA) is 61.2 Å². The molecular formula is C8H10N2O3. The minimum atomic E-state index is -0.837. The Labute approximate surface area is 75.3 Å². The van der Waals surface area contributed by atoms with Crippen LogP contribution in [0.3, 0.4) is 0 Å². The van der Waals surface area contributed by atoms with E-state index in [2.05, 4.69) is 9.84 Å². The Morgan fingerprint density at radius 3 is 2.77 bits per heavy atom. The molecule has 0 saturated heterocycles. The fourth-order valence-electron chi connectivity index (χ4n) is 0.853. The second-order valence-electron chi connectivity index (χ2n) is 2.45. The van der Waals surface area contributed by atoms with Crippen LogP contribution in [0.4, 0.5) is 0 Å². The van der Waals surface area contributed by atoms with Crippen LogP contribution in [0.5, 0.6) is 0 Å². The molecule has 1 heterocycles. The molecule has 0 aliphatic rings. The zero-order valence-corrected chi connectivity index (χ0v) is 7.48. The van der Waals surface area contributed by atoms with Gasteiger partial charge in [0.2, 0.25) is 0 Å². The highest BCUT2D eigenvalue weighted by molar-refractivity contribution is 6.40. The van der Waals surface area contributed by atoms with Gasteiger partial charge in [0.25, 0.3) is 5.78 Å². The first kappa shape index (κ1) is 9.44. The van der Waals surface area contributed by atoms with Gasteiger partial charge in [0.1, 0.15) is 0 Å². The molecule has 0 bridgehead atoms. The monoisotopic (exact) mass is 182 g/mol. The Kier molecular flexibility index (Phi) is 2.79. The summed E-state index contributed by atoms with van der Waals surface area (Å²) in [5, 5.41) is 3.77. The molecule has 0 aromatic carbocycles. The first-order valence-corrected chi connectivity index (χ1v) is 3.85. The third kappa shape index (κ3) is 2.14. The highest BCUT2D eigenvalue weighted by Gasteiger charge is 2.18. The maximum Gasteiger partial charge on any atom is 0.379 e. The molecular weight excluding hydrogens is 172 g/mol. The number of ketones is 1. The van der Waals surface area contributed by atoms with Gasteiger partial charge in [-0.3, -0.25) is 9.48 Å². The standard InChI is InChI=1S/C8H10N2O3/c1-3-13-8(12)7(11)6-4-9-10(2)5-6/h4-5H,3H2,1-2H3. The quantitative estimate of drug-likeness (QED) is 0.379. The molecule has 0 radical (unpaired) electrons. The first-order chi connectivity index (χ1) is 6.15. The SMILES string of the molecule is CCOC(=O)C(=O)c1cnn(C)c1. The fourth-order valence-corrected chi connectivity index (χ4v) is 0.853. The minimum absolute atomic E-state index is 0.199. The summed E-state index contributed by atoms with van der Waals surface area (Å²) in [6.45, 7) is 1.85. The van der Waals surface area contributed by atoms with Gasteiger partial charge >= 0.3 is 5.97 Å². The predicted octanol–water partition coefficient (Wildman–Crippen LogP) is 0.166. The van der Waals surface area contributed by atoms with Crippen molar-refractivity contribution in [3.63, 3.8) is 0 Å². The van der Waals surface area contributed by atoms with Gasteiger partial charge in [-0.15, -0.1) is 0 Å². The van der Waals surface area contributed by atoms with Crippen molar-refractivity contribution in [1.29, 1.82) is 0 Å². The third-order valence-corrected chi connectivity index (χ3v) is 1.43. The van der Waals surface area contributed by atoms with Gasteiger partial charge in [0, 0.05) is 13.2 Å². The van der Waals surface area contributed by atoms with Crippen LogP contribution in [0, 0.1) is 0 Å². The molecule has 0 saturated carbocycles. The smallest absolute Gasteiger partial charge is 0.379 e. The lowest BCUT2D eigenvalue weighted by Crippen LogP contribution is -2.16. The average molecular weight is 182 g/mol. The molecule has 0 fully saturated rings. The summed E-state index contributed by atoms with van der Waals surface area (Å²) in [4.78, 5) is 22.2. The van der Waals surface area contributed by atoms with Crippen LogP contribution in [0.15, 0.2) is 12.4 Å². The number of nitrogens with zero attached hydrogens (tertiary/aromatic N) is 2. The number of aromatic nitrogens is 2. The van der Waals surface area contributed by atoms with Gasteiger partial charge in [-0.2, -0.15) is 5.10 Å². The molecule has 0 N–H and O–H groups in total. The molecule has 0 atom stereocenters. The number of carbonyl (C=O) groups is 2. The summed E-state index contributed by atoms with van der Waals surface area (Å²) in [5.41, 5.74) is 0.251. The molecule has 1 aromatic heterocycles. The highest BCUT2D eigenvalue weighted by atomic mass is 16.5. The molecule has 70 valence electrons. The van der Waals surface area contributed by atoms with Gasteiger partial charge in [-0.25, -0.2) is 4.79 Å². The molecule has 5 heteroatoms. The summed E-state index contributed by atoms with van der Waals surface area (Å²) >= 11 is 0. The van der Waals surface area contributed by atoms with E-state index in [0.29, 0.717) is 0 Å². The van der Waals surface area contributed by atoms with Gasteiger partial charge < -0.3 is 4.74 Å². The Balaban J connectivity index is 2.73. The largest absolute Gasteiger partial charge is 0.460 e. The van der Waals surface area contributed by atoms with Crippen LogP contribution in [-0.4, -0.2) is 28.1 Å². The van der Waals surface area contributed by atoms with E-state index in [1.54, 1.807) is 14.0 Å². The van der Waals surface area contributed by atoms with Crippen LogP contribution in [0.1, 0.15) is 17.3 Å². The number of hydrogen-bond donors (Lipinski definition) is 0. The first-order valence-electron chi connectivity index (χ1n) is 3.85. The highest BCUT2D eigenvalue weighted by Crippen LogP contribution is 1.99. The van der Waals surface area contributed by atoms with Crippen LogP contribution >= 0.6 is 0 Å². The Bertz CT molecular complexity index is 330.